The van der Waals surface area contributed by atoms with Crippen molar-refractivity contribution in [1.29, 1.82) is 0 Å². The second kappa shape index (κ2) is 6.98. The number of hydrogen-bond acceptors (Lipinski definition) is 3. The van der Waals surface area contributed by atoms with E-state index >= 15 is 0 Å². The van der Waals surface area contributed by atoms with E-state index in [4.69, 9.17) is 0 Å². The summed E-state index contributed by atoms with van der Waals surface area (Å²) in [4.78, 5) is 40.0. The van der Waals surface area contributed by atoms with Crippen molar-refractivity contribution in [2.75, 3.05) is 13.1 Å². The van der Waals surface area contributed by atoms with Gasteiger partial charge in [-0.2, -0.15) is 0 Å². The number of hydrogen-bond donors (Lipinski definition) is 1. The van der Waals surface area contributed by atoms with Crippen molar-refractivity contribution < 1.29 is 14.4 Å². The lowest BCUT2D eigenvalue weighted by molar-refractivity contribution is -0.136. The number of carbonyl (C=O) groups excluding carboxylic acids is 3. The van der Waals surface area contributed by atoms with Crippen LogP contribution in [0.5, 0.6) is 0 Å². The number of nitrogens with zero attached hydrogens (tertiary/aromatic N) is 2. The second-order valence-corrected chi connectivity index (χ2v) is 8.51. The predicted octanol–water partition coefficient (Wildman–Crippen LogP) is 2.98. The van der Waals surface area contributed by atoms with Gasteiger partial charge in [0.05, 0.1) is 0 Å². The minimum absolute atomic E-state index is 0.0527. The van der Waals surface area contributed by atoms with E-state index in [0.29, 0.717) is 19.5 Å². The summed E-state index contributed by atoms with van der Waals surface area (Å²) in [6.45, 7) is 9.60. The molecule has 2 saturated heterocycles. The molecule has 27 heavy (non-hydrogen) atoms. The van der Waals surface area contributed by atoms with E-state index in [-0.39, 0.29) is 35.1 Å². The first kappa shape index (κ1) is 19.4. The Morgan fingerprint density at radius 3 is 2.52 bits per heavy atom. The molecule has 3 rings (SSSR count). The third-order valence-corrected chi connectivity index (χ3v) is 5.75. The zero-order chi connectivity index (χ0) is 19.8. The normalized spacial score (nSPS) is 35.2. The maximum atomic E-state index is 13.1. The molecule has 2 atom stereocenters. The molecule has 0 aromatic carbocycles. The molecular formula is C21H29N3O3. The van der Waals surface area contributed by atoms with Crippen LogP contribution in [0.2, 0.25) is 0 Å². The van der Waals surface area contributed by atoms with Crippen LogP contribution in [0.3, 0.4) is 0 Å². The SMILES string of the molecule is CCC1(C)/C=C\C(N2CCN(C3CCC(=O)NC3=O)C2=O)=C/C(C)(C)/C=C\1. The molecule has 0 aromatic rings. The van der Waals surface area contributed by atoms with Gasteiger partial charge in [0.15, 0.2) is 0 Å². The molecule has 3 aliphatic rings. The van der Waals surface area contributed by atoms with E-state index in [0.717, 1.165) is 12.1 Å². The lowest BCUT2D eigenvalue weighted by Gasteiger charge is -2.31. The molecule has 0 radical (unpaired) electrons. The molecule has 1 N–H and O–H groups in total. The standard InChI is InChI=1S/C21H29N3O3/c1-5-21(4)9-8-15(14-20(2,3)10-11-21)23-12-13-24(19(23)27)16-6-7-17(25)22-18(16)26/h8-11,14,16H,5-7,12-13H2,1-4H3,(H,22,25,26)/b9-8-,11-10-,15-14+. The highest BCUT2D eigenvalue weighted by molar-refractivity contribution is 6.01. The molecule has 6 heteroatoms. The lowest BCUT2D eigenvalue weighted by Crippen LogP contribution is -2.53. The van der Waals surface area contributed by atoms with Crippen LogP contribution in [-0.2, 0) is 9.59 Å². The van der Waals surface area contributed by atoms with Crippen molar-refractivity contribution in [3.05, 3.63) is 36.1 Å². The number of imide groups is 1. The molecule has 0 saturated carbocycles. The van der Waals surface area contributed by atoms with E-state index in [1.807, 2.05) is 6.08 Å². The number of allylic oxidation sites excluding steroid dienone is 5. The van der Waals surface area contributed by atoms with Crippen LogP contribution in [0.4, 0.5) is 4.79 Å². The Balaban J connectivity index is 1.85. The first-order valence-corrected chi connectivity index (χ1v) is 9.68. The van der Waals surface area contributed by atoms with Gasteiger partial charge in [0.2, 0.25) is 11.8 Å². The van der Waals surface area contributed by atoms with Crippen molar-refractivity contribution in [3.63, 3.8) is 0 Å². The Hall–Kier alpha value is -2.37. The number of piperidine rings is 1. The molecule has 2 aliphatic heterocycles. The highest BCUT2D eigenvalue weighted by atomic mass is 16.2. The molecule has 6 nitrogen and oxygen atoms in total. The number of amides is 4. The second-order valence-electron chi connectivity index (χ2n) is 8.51. The van der Waals surface area contributed by atoms with Crippen LogP contribution in [-0.4, -0.2) is 46.8 Å². The average molecular weight is 371 g/mol. The zero-order valence-electron chi connectivity index (χ0n) is 16.6. The monoisotopic (exact) mass is 371 g/mol. The van der Waals surface area contributed by atoms with Gasteiger partial charge in [-0.25, -0.2) is 4.79 Å². The minimum Gasteiger partial charge on any atom is -0.311 e. The first-order chi connectivity index (χ1) is 12.6. The van der Waals surface area contributed by atoms with Crippen LogP contribution >= 0.6 is 0 Å². The summed E-state index contributed by atoms with van der Waals surface area (Å²) in [6.07, 6.45) is 12.3. The molecule has 1 aliphatic carbocycles. The van der Waals surface area contributed by atoms with E-state index in [2.05, 4.69) is 57.3 Å². The van der Waals surface area contributed by atoms with Crippen molar-refractivity contribution in [1.82, 2.24) is 15.1 Å². The highest BCUT2D eigenvalue weighted by Gasteiger charge is 2.40. The Morgan fingerprint density at radius 2 is 1.85 bits per heavy atom. The summed E-state index contributed by atoms with van der Waals surface area (Å²) >= 11 is 0. The van der Waals surface area contributed by atoms with Crippen molar-refractivity contribution in [2.24, 2.45) is 10.8 Å². The van der Waals surface area contributed by atoms with E-state index in [1.54, 1.807) is 9.80 Å². The maximum Gasteiger partial charge on any atom is 0.325 e. The summed E-state index contributed by atoms with van der Waals surface area (Å²) in [7, 11) is 0. The third kappa shape index (κ3) is 3.99. The fraction of sp³-hybridized carbons (Fsp3) is 0.571. The van der Waals surface area contributed by atoms with Gasteiger partial charge in [-0.05, 0) is 18.9 Å². The quantitative estimate of drug-likeness (QED) is 0.612. The van der Waals surface area contributed by atoms with Crippen LogP contribution in [0.25, 0.3) is 0 Å². The van der Waals surface area contributed by atoms with Gasteiger partial charge in [0.25, 0.3) is 0 Å². The van der Waals surface area contributed by atoms with E-state index in [1.165, 1.54) is 0 Å². The lowest BCUT2D eigenvalue weighted by atomic mass is 9.80. The Morgan fingerprint density at radius 1 is 1.11 bits per heavy atom. The van der Waals surface area contributed by atoms with Gasteiger partial charge in [-0.15, -0.1) is 0 Å². The Labute approximate surface area is 161 Å². The van der Waals surface area contributed by atoms with Crippen molar-refractivity contribution >= 4 is 17.8 Å². The topological polar surface area (TPSA) is 69.7 Å². The van der Waals surface area contributed by atoms with Gasteiger partial charge in [0.1, 0.15) is 6.04 Å². The fourth-order valence-electron chi connectivity index (χ4n) is 3.68. The summed E-state index contributed by atoms with van der Waals surface area (Å²) < 4.78 is 0. The summed E-state index contributed by atoms with van der Waals surface area (Å²) in [5.74, 6) is -0.636. The first-order valence-electron chi connectivity index (χ1n) is 9.68. The summed E-state index contributed by atoms with van der Waals surface area (Å²) in [5, 5.41) is 2.34. The van der Waals surface area contributed by atoms with Crippen molar-refractivity contribution in [2.45, 2.75) is 53.0 Å². The smallest absolute Gasteiger partial charge is 0.311 e. The summed E-state index contributed by atoms with van der Waals surface area (Å²) in [5.41, 5.74) is 0.630. The molecule has 2 fully saturated rings. The van der Waals surface area contributed by atoms with Gasteiger partial charge in [-0.1, -0.05) is 52.0 Å². The highest BCUT2D eigenvalue weighted by Crippen LogP contribution is 2.34. The molecule has 0 bridgehead atoms. The zero-order valence-corrected chi connectivity index (χ0v) is 16.6. The Kier molecular flexibility index (Phi) is 5.02. The number of rotatable bonds is 3. The van der Waals surface area contributed by atoms with Gasteiger partial charge in [0, 0.05) is 36.0 Å². The molecule has 2 unspecified atom stereocenters. The van der Waals surface area contributed by atoms with Crippen LogP contribution in [0.1, 0.15) is 47.0 Å². The van der Waals surface area contributed by atoms with Gasteiger partial charge >= 0.3 is 6.03 Å². The minimum atomic E-state index is -0.563. The van der Waals surface area contributed by atoms with Crippen molar-refractivity contribution in [3.8, 4) is 0 Å². The van der Waals surface area contributed by atoms with Gasteiger partial charge < -0.3 is 4.90 Å². The Bertz CT molecular complexity index is 750. The molecule has 4 amide bonds. The van der Waals surface area contributed by atoms with Crippen LogP contribution < -0.4 is 5.32 Å². The molecule has 0 aromatic heterocycles. The van der Waals surface area contributed by atoms with Gasteiger partial charge in [-0.3, -0.25) is 19.8 Å². The van der Waals surface area contributed by atoms with E-state index < -0.39 is 6.04 Å². The molecule has 0 spiro atoms. The summed E-state index contributed by atoms with van der Waals surface area (Å²) in [6, 6.07) is -0.730. The predicted molar refractivity (Wildman–Crippen MR) is 104 cm³/mol. The number of urea groups is 1. The molecule has 2 heterocycles. The molecular weight excluding hydrogens is 342 g/mol. The van der Waals surface area contributed by atoms with E-state index in [9.17, 15) is 14.4 Å². The van der Waals surface area contributed by atoms with Crippen LogP contribution in [0.15, 0.2) is 36.1 Å². The maximum absolute atomic E-state index is 13.1. The van der Waals surface area contributed by atoms with Crippen LogP contribution in [0, 0.1) is 10.8 Å². The third-order valence-electron chi connectivity index (χ3n) is 5.75. The number of carbonyl (C=O) groups is 3. The number of nitrogens with one attached hydrogen (secondary N) is 1. The largest absolute Gasteiger partial charge is 0.325 e. The molecule has 146 valence electrons. The fourth-order valence-corrected chi connectivity index (χ4v) is 3.68. The average Bonchev–Trinajstić information content (AvgIpc) is 2.97.